The number of anilines is 1. The number of hydrogen-bond donors (Lipinski definition) is 0. The number of carbonyl (C=O) groups is 1. The van der Waals surface area contributed by atoms with Gasteiger partial charge in [0.2, 0.25) is 0 Å². The zero-order valence-corrected chi connectivity index (χ0v) is 26.9. The van der Waals surface area contributed by atoms with Crippen LogP contribution in [-0.4, -0.2) is 18.2 Å². The van der Waals surface area contributed by atoms with Crippen LogP contribution in [0.25, 0.3) is 6.08 Å². The first kappa shape index (κ1) is 29.5. The van der Waals surface area contributed by atoms with E-state index in [-0.39, 0.29) is 12.5 Å². The van der Waals surface area contributed by atoms with Crippen LogP contribution >= 0.6 is 57.6 Å². The van der Waals surface area contributed by atoms with Gasteiger partial charge in [0.25, 0.3) is 5.91 Å². The summed E-state index contributed by atoms with van der Waals surface area (Å²) in [7, 11) is 1.59. The maximum absolute atomic E-state index is 13.7. The summed E-state index contributed by atoms with van der Waals surface area (Å²) >= 11 is 15.9. The molecule has 5 rings (SSSR count). The minimum absolute atomic E-state index is 0.142. The summed E-state index contributed by atoms with van der Waals surface area (Å²) in [6.07, 6.45) is 1.86. The van der Waals surface area contributed by atoms with E-state index in [1.807, 2.05) is 86.7 Å². The minimum atomic E-state index is -0.142. The summed E-state index contributed by atoms with van der Waals surface area (Å²) in [6.45, 7) is 4.30. The number of thioether (sulfide) groups is 1. The Morgan fingerprint density at radius 1 is 0.951 bits per heavy atom. The first-order valence-electron chi connectivity index (χ1n) is 12.6. The van der Waals surface area contributed by atoms with Gasteiger partial charge in [0.1, 0.15) is 6.61 Å². The van der Waals surface area contributed by atoms with Crippen molar-refractivity contribution in [2.24, 2.45) is 4.99 Å². The Morgan fingerprint density at radius 3 is 2.29 bits per heavy atom. The summed E-state index contributed by atoms with van der Waals surface area (Å²) in [5.41, 5.74) is 5.42. The summed E-state index contributed by atoms with van der Waals surface area (Å²) < 4.78 is 12.6. The quantitative estimate of drug-likeness (QED) is 0.141. The van der Waals surface area contributed by atoms with Crippen molar-refractivity contribution in [3.8, 4) is 11.5 Å². The molecule has 208 valence electrons. The summed E-state index contributed by atoms with van der Waals surface area (Å²) in [5, 5.41) is 1.69. The average Bonchev–Trinajstić information content (AvgIpc) is 3.24. The van der Waals surface area contributed by atoms with E-state index in [1.54, 1.807) is 24.1 Å². The van der Waals surface area contributed by atoms with E-state index in [0.29, 0.717) is 31.6 Å². The minimum Gasteiger partial charge on any atom is -0.493 e. The molecule has 0 unspecified atom stereocenters. The van der Waals surface area contributed by atoms with Gasteiger partial charge in [0.15, 0.2) is 16.7 Å². The van der Waals surface area contributed by atoms with Crippen LogP contribution in [0.1, 0.15) is 22.3 Å². The second kappa shape index (κ2) is 12.9. The van der Waals surface area contributed by atoms with Gasteiger partial charge >= 0.3 is 0 Å². The lowest BCUT2D eigenvalue weighted by Crippen LogP contribution is -2.28. The van der Waals surface area contributed by atoms with E-state index in [9.17, 15) is 4.79 Å². The largest absolute Gasteiger partial charge is 0.493 e. The molecule has 9 heteroatoms. The summed E-state index contributed by atoms with van der Waals surface area (Å²) in [5.74, 6) is 0.999. The molecule has 4 aromatic carbocycles. The number of rotatable bonds is 7. The molecule has 0 spiro atoms. The summed E-state index contributed by atoms with van der Waals surface area (Å²) in [6, 6.07) is 24.9. The van der Waals surface area contributed by atoms with Gasteiger partial charge in [0, 0.05) is 15.6 Å². The van der Waals surface area contributed by atoms with Gasteiger partial charge in [-0.15, -0.1) is 0 Å². The van der Waals surface area contributed by atoms with Crippen LogP contribution in [0.2, 0.25) is 10.0 Å². The van der Waals surface area contributed by atoms with Gasteiger partial charge < -0.3 is 9.47 Å². The molecule has 1 aliphatic rings. The van der Waals surface area contributed by atoms with Gasteiger partial charge in [-0.1, -0.05) is 64.7 Å². The number of hydrogen-bond acceptors (Lipinski definition) is 5. The van der Waals surface area contributed by atoms with Crippen molar-refractivity contribution >= 4 is 86.1 Å². The van der Waals surface area contributed by atoms with Crippen molar-refractivity contribution in [2.75, 3.05) is 12.0 Å². The number of amidine groups is 1. The number of amides is 1. The van der Waals surface area contributed by atoms with Gasteiger partial charge in [-0.05, 0) is 108 Å². The number of aryl methyl sites for hydroxylation is 2. The number of methoxy groups -OCH3 is 1. The van der Waals surface area contributed by atoms with Crippen LogP contribution in [0.4, 0.5) is 11.4 Å². The maximum Gasteiger partial charge on any atom is 0.271 e. The number of nitrogens with zero attached hydrogens (tertiary/aromatic N) is 2. The molecule has 41 heavy (non-hydrogen) atoms. The van der Waals surface area contributed by atoms with E-state index in [0.717, 1.165) is 37.2 Å². The molecular weight excluding hydrogens is 690 g/mol. The average molecular weight is 715 g/mol. The van der Waals surface area contributed by atoms with Gasteiger partial charge in [-0.3, -0.25) is 9.69 Å². The molecule has 1 heterocycles. The lowest BCUT2D eigenvalue weighted by atomic mass is 10.1. The first-order chi connectivity index (χ1) is 19.7. The van der Waals surface area contributed by atoms with Gasteiger partial charge in [-0.2, -0.15) is 0 Å². The maximum atomic E-state index is 13.7. The zero-order chi connectivity index (χ0) is 29.1. The predicted molar refractivity (Wildman–Crippen MR) is 179 cm³/mol. The fraction of sp³-hybridized carbons (Fsp3) is 0.125. The van der Waals surface area contributed by atoms with Crippen LogP contribution in [0.5, 0.6) is 11.5 Å². The van der Waals surface area contributed by atoms with Crippen molar-refractivity contribution in [1.82, 2.24) is 0 Å². The molecule has 4 aromatic rings. The molecule has 0 atom stereocenters. The normalized spacial score (nSPS) is 15.2. The van der Waals surface area contributed by atoms with Crippen molar-refractivity contribution < 1.29 is 14.3 Å². The Kier molecular flexibility index (Phi) is 9.28. The van der Waals surface area contributed by atoms with Crippen LogP contribution in [0, 0.1) is 17.4 Å². The number of benzene rings is 4. The third-order valence-electron chi connectivity index (χ3n) is 6.29. The van der Waals surface area contributed by atoms with E-state index in [1.165, 1.54) is 11.8 Å². The lowest BCUT2D eigenvalue weighted by molar-refractivity contribution is -0.113. The van der Waals surface area contributed by atoms with E-state index in [2.05, 4.69) is 22.6 Å². The van der Waals surface area contributed by atoms with E-state index in [4.69, 9.17) is 37.7 Å². The third kappa shape index (κ3) is 6.92. The summed E-state index contributed by atoms with van der Waals surface area (Å²) in [4.78, 5) is 20.8. The van der Waals surface area contributed by atoms with Crippen LogP contribution in [0.15, 0.2) is 88.8 Å². The number of halogens is 3. The monoisotopic (exact) mass is 714 g/mol. The smallest absolute Gasteiger partial charge is 0.271 e. The molecule has 0 aromatic heterocycles. The second-order valence-corrected chi connectivity index (χ2v) is 12.4. The molecular formula is C32H25Cl2IN2O3S. The first-order valence-corrected chi connectivity index (χ1v) is 15.3. The van der Waals surface area contributed by atoms with Crippen molar-refractivity contribution in [2.45, 2.75) is 20.5 Å². The van der Waals surface area contributed by atoms with Crippen molar-refractivity contribution in [3.05, 3.63) is 120 Å². The highest BCUT2D eigenvalue weighted by Crippen LogP contribution is 2.40. The lowest BCUT2D eigenvalue weighted by Gasteiger charge is -2.16. The van der Waals surface area contributed by atoms with Gasteiger partial charge in [0.05, 0.1) is 27.0 Å². The van der Waals surface area contributed by atoms with E-state index >= 15 is 0 Å². The van der Waals surface area contributed by atoms with Crippen LogP contribution in [0.3, 0.4) is 0 Å². The van der Waals surface area contributed by atoms with E-state index < -0.39 is 0 Å². The zero-order valence-electron chi connectivity index (χ0n) is 22.5. The molecule has 0 N–H and O–H groups in total. The molecule has 1 fully saturated rings. The molecule has 0 radical (unpaired) electrons. The molecule has 1 amide bonds. The predicted octanol–water partition coefficient (Wildman–Crippen LogP) is 9.61. The fourth-order valence-electron chi connectivity index (χ4n) is 4.10. The third-order valence-corrected chi connectivity index (χ3v) is 8.65. The van der Waals surface area contributed by atoms with Crippen LogP contribution < -0.4 is 14.4 Å². The standard InChI is InChI=1S/C32H25Cl2IN2O3S/c1-19-4-10-24(11-5-19)36-32-37(25-12-6-20(2)7-13-25)31(38)29(41-32)16-21-14-27(35)30(28(15-21)39-3)40-18-22-8-9-23(33)17-26(22)34/h4-17H,18H2,1-3H3/b29-16-,36-32?. The number of aliphatic imine (C=N–C) groups is 1. The Labute approximate surface area is 267 Å². The van der Waals surface area contributed by atoms with Gasteiger partial charge in [-0.25, -0.2) is 4.99 Å². The molecule has 0 saturated carbocycles. The highest BCUT2D eigenvalue weighted by molar-refractivity contribution is 14.1. The Hall–Kier alpha value is -2.98. The topological polar surface area (TPSA) is 51.1 Å². The van der Waals surface area contributed by atoms with Crippen molar-refractivity contribution in [1.29, 1.82) is 0 Å². The Morgan fingerprint density at radius 2 is 1.63 bits per heavy atom. The molecule has 1 saturated heterocycles. The number of ether oxygens (including phenoxy) is 2. The second-order valence-electron chi connectivity index (χ2n) is 9.38. The molecule has 5 nitrogen and oxygen atoms in total. The highest BCUT2D eigenvalue weighted by atomic mass is 127. The molecule has 0 aliphatic carbocycles. The SMILES string of the molecule is COc1cc(/C=C2\SC(=Nc3ccc(C)cc3)N(c3ccc(C)cc3)C2=O)cc(I)c1OCc1ccc(Cl)cc1Cl. The fourth-order valence-corrected chi connectivity index (χ4v) is 6.35. The Balaban J connectivity index is 1.47. The van der Waals surface area contributed by atoms with Crippen LogP contribution in [-0.2, 0) is 11.4 Å². The molecule has 0 bridgehead atoms. The van der Waals surface area contributed by atoms with Crippen molar-refractivity contribution in [3.63, 3.8) is 0 Å². The Bertz CT molecular complexity index is 1670. The molecule has 1 aliphatic heterocycles. The highest BCUT2D eigenvalue weighted by Gasteiger charge is 2.35. The number of carbonyl (C=O) groups excluding carboxylic acids is 1.